The molecule has 3 nitrogen and oxygen atoms in total. The quantitative estimate of drug-likeness (QED) is 0.808. The number of hydrogen-bond acceptors (Lipinski definition) is 2. The first-order valence-electron chi connectivity index (χ1n) is 6.46. The third-order valence-corrected chi connectivity index (χ3v) is 3.49. The van der Waals surface area contributed by atoms with E-state index in [0.717, 1.165) is 30.2 Å². The lowest BCUT2D eigenvalue weighted by Gasteiger charge is -2.14. The number of aromatic nitrogens is 2. The Balaban J connectivity index is 2.16. The van der Waals surface area contributed by atoms with Crippen LogP contribution in [0.2, 0.25) is 0 Å². The van der Waals surface area contributed by atoms with Gasteiger partial charge in [-0.15, -0.1) is 0 Å². The molecule has 2 aromatic rings. The standard InChI is InChI=1S/C15H18N2O/c1-10(2)12-4-5-14(15-13(12)6-7-18-15)17-8-11(3)16-9-17/h4-5,8-10H,6-7H2,1-3H3. The van der Waals surface area contributed by atoms with Gasteiger partial charge in [0, 0.05) is 18.2 Å². The van der Waals surface area contributed by atoms with Gasteiger partial charge in [-0.25, -0.2) is 4.98 Å². The maximum atomic E-state index is 5.84. The summed E-state index contributed by atoms with van der Waals surface area (Å²) in [6.45, 7) is 7.25. The Morgan fingerprint density at radius 3 is 2.83 bits per heavy atom. The molecule has 3 rings (SSSR count). The first-order valence-corrected chi connectivity index (χ1v) is 6.46. The van der Waals surface area contributed by atoms with Crippen LogP contribution in [-0.4, -0.2) is 16.2 Å². The van der Waals surface area contributed by atoms with Crippen molar-refractivity contribution in [3.05, 3.63) is 41.5 Å². The van der Waals surface area contributed by atoms with E-state index < -0.39 is 0 Å². The highest BCUT2D eigenvalue weighted by Gasteiger charge is 2.22. The first kappa shape index (κ1) is 11.3. The average Bonchev–Trinajstić information content (AvgIpc) is 2.95. The van der Waals surface area contributed by atoms with Crippen LogP contribution < -0.4 is 4.74 Å². The van der Waals surface area contributed by atoms with Crippen molar-refractivity contribution in [1.82, 2.24) is 9.55 Å². The summed E-state index contributed by atoms with van der Waals surface area (Å²) in [5, 5.41) is 0. The van der Waals surface area contributed by atoms with Gasteiger partial charge in [0.05, 0.1) is 24.3 Å². The fourth-order valence-electron chi connectivity index (χ4n) is 2.60. The van der Waals surface area contributed by atoms with Crippen molar-refractivity contribution in [1.29, 1.82) is 0 Å². The lowest BCUT2D eigenvalue weighted by molar-refractivity contribution is 0.355. The van der Waals surface area contributed by atoms with Gasteiger partial charge in [-0.3, -0.25) is 0 Å². The van der Waals surface area contributed by atoms with Crippen molar-refractivity contribution in [2.24, 2.45) is 0 Å². The van der Waals surface area contributed by atoms with Crippen LogP contribution in [0, 0.1) is 6.92 Å². The van der Waals surface area contributed by atoms with E-state index in [-0.39, 0.29) is 0 Å². The van der Waals surface area contributed by atoms with Gasteiger partial charge in [0.1, 0.15) is 5.75 Å². The van der Waals surface area contributed by atoms with Crippen molar-refractivity contribution in [3.63, 3.8) is 0 Å². The predicted octanol–water partition coefficient (Wildman–Crippen LogP) is 3.24. The molecule has 18 heavy (non-hydrogen) atoms. The third kappa shape index (κ3) is 1.70. The fourth-order valence-corrected chi connectivity index (χ4v) is 2.60. The molecule has 3 heteroatoms. The normalized spacial score (nSPS) is 13.8. The minimum atomic E-state index is 0.541. The second-order valence-corrected chi connectivity index (χ2v) is 5.16. The minimum Gasteiger partial charge on any atom is -0.491 e. The molecule has 0 unspecified atom stereocenters. The Morgan fingerprint density at radius 1 is 1.33 bits per heavy atom. The Kier molecular flexibility index (Phi) is 2.62. The van der Waals surface area contributed by atoms with Gasteiger partial charge in [0.2, 0.25) is 0 Å². The van der Waals surface area contributed by atoms with E-state index >= 15 is 0 Å². The minimum absolute atomic E-state index is 0.541. The Labute approximate surface area is 107 Å². The highest BCUT2D eigenvalue weighted by molar-refractivity contribution is 5.57. The van der Waals surface area contributed by atoms with Gasteiger partial charge in [0.25, 0.3) is 0 Å². The number of fused-ring (bicyclic) bond motifs is 1. The first-order chi connectivity index (χ1) is 8.66. The molecule has 0 aliphatic carbocycles. The van der Waals surface area contributed by atoms with Crippen molar-refractivity contribution >= 4 is 0 Å². The molecule has 0 bridgehead atoms. The molecule has 0 N–H and O–H groups in total. The largest absolute Gasteiger partial charge is 0.491 e. The Morgan fingerprint density at radius 2 is 2.17 bits per heavy atom. The maximum Gasteiger partial charge on any atom is 0.146 e. The predicted molar refractivity (Wildman–Crippen MR) is 71.6 cm³/mol. The van der Waals surface area contributed by atoms with Gasteiger partial charge in [-0.1, -0.05) is 19.9 Å². The van der Waals surface area contributed by atoms with Crippen LogP contribution in [0.25, 0.3) is 5.69 Å². The van der Waals surface area contributed by atoms with Gasteiger partial charge in [0.15, 0.2) is 0 Å². The SMILES string of the molecule is Cc1cn(-c2ccc(C(C)C)c3c2OCC3)cn1. The zero-order valence-electron chi connectivity index (χ0n) is 11.1. The van der Waals surface area contributed by atoms with E-state index in [2.05, 4.69) is 31.0 Å². The molecular weight excluding hydrogens is 224 g/mol. The number of imidazole rings is 1. The summed E-state index contributed by atoms with van der Waals surface area (Å²) in [5.74, 6) is 1.58. The summed E-state index contributed by atoms with van der Waals surface area (Å²) in [5.41, 5.74) is 4.90. The van der Waals surface area contributed by atoms with Crippen LogP contribution in [0.15, 0.2) is 24.7 Å². The molecule has 0 saturated carbocycles. The van der Waals surface area contributed by atoms with Crippen molar-refractivity contribution in [2.75, 3.05) is 6.61 Å². The number of nitrogens with zero attached hydrogens (tertiary/aromatic N) is 2. The molecule has 0 saturated heterocycles. The Bertz CT molecular complexity index is 584. The zero-order valence-corrected chi connectivity index (χ0v) is 11.1. The highest BCUT2D eigenvalue weighted by Crippen LogP contribution is 2.37. The molecule has 2 heterocycles. The van der Waals surface area contributed by atoms with E-state index in [4.69, 9.17) is 4.74 Å². The van der Waals surface area contributed by atoms with Gasteiger partial charge in [-0.2, -0.15) is 0 Å². The van der Waals surface area contributed by atoms with E-state index in [9.17, 15) is 0 Å². The summed E-state index contributed by atoms with van der Waals surface area (Å²) < 4.78 is 7.88. The van der Waals surface area contributed by atoms with Gasteiger partial charge < -0.3 is 9.30 Å². The lowest BCUT2D eigenvalue weighted by Crippen LogP contribution is -1.98. The number of hydrogen-bond donors (Lipinski definition) is 0. The summed E-state index contributed by atoms with van der Waals surface area (Å²) >= 11 is 0. The number of rotatable bonds is 2. The lowest BCUT2D eigenvalue weighted by atomic mass is 9.95. The Hall–Kier alpha value is -1.77. The van der Waals surface area contributed by atoms with Crippen LogP contribution in [0.4, 0.5) is 0 Å². The molecule has 0 spiro atoms. The van der Waals surface area contributed by atoms with Crippen LogP contribution in [0.3, 0.4) is 0 Å². The molecule has 0 fully saturated rings. The smallest absolute Gasteiger partial charge is 0.146 e. The number of aryl methyl sites for hydroxylation is 1. The third-order valence-electron chi connectivity index (χ3n) is 3.49. The molecule has 1 aliphatic rings. The summed E-state index contributed by atoms with van der Waals surface area (Å²) in [6, 6.07) is 4.36. The second-order valence-electron chi connectivity index (χ2n) is 5.16. The van der Waals surface area contributed by atoms with Crippen LogP contribution >= 0.6 is 0 Å². The molecule has 1 aromatic heterocycles. The molecule has 94 valence electrons. The molecule has 0 amide bonds. The van der Waals surface area contributed by atoms with Gasteiger partial charge in [-0.05, 0) is 24.5 Å². The molecule has 0 radical (unpaired) electrons. The summed E-state index contributed by atoms with van der Waals surface area (Å²) in [4.78, 5) is 4.28. The molecule has 0 atom stereocenters. The fraction of sp³-hybridized carbons (Fsp3) is 0.400. The molecular formula is C15H18N2O. The number of ether oxygens (including phenoxy) is 1. The second kappa shape index (κ2) is 4.16. The van der Waals surface area contributed by atoms with Crippen molar-refractivity contribution in [2.45, 2.75) is 33.1 Å². The van der Waals surface area contributed by atoms with E-state index in [1.54, 1.807) is 0 Å². The van der Waals surface area contributed by atoms with E-state index in [1.165, 1.54) is 11.1 Å². The highest BCUT2D eigenvalue weighted by atomic mass is 16.5. The average molecular weight is 242 g/mol. The maximum absolute atomic E-state index is 5.84. The van der Waals surface area contributed by atoms with Crippen molar-refractivity contribution < 1.29 is 4.74 Å². The molecule has 1 aromatic carbocycles. The topological polar surface area (TPSA) is 27.1 Å². The molecule has 1 aliphatic heterocycles. The summed E-state index contributed by atoms with van der Waals surface area (Å²) in [6.07, 6.45) is 4.90. The van der Waals surface area contributed by atoms with E-state index in [0.29, 0.717) is 5.92 Å². The zero-order chi connectivity index (χ0) is 12.7. The van der Waals surface area contributed by atoms with Crippen LogP contribution in [0.5, 0.6) is 5.75 Å². The number of benzene rings is 1. The van der Waals surface area contributed by atoms with E-state index in [1.807, 2.05) is 24.0 Å². The van der Waals surface area contributed by atoms with Crippen LogP contribution in [0.1, 0.15) is 36.6 Å². The monoisotopic (exact) mass is 242 g/mol. The van der Waals surface area contributed by atoms with Crippen LogP contribution in [-0.2, 0) is 6.42 Å². The van der Waals surface area contributed by atoms with Gasteiger partial charge >= 0.3 is 0 Å². The van der Waals surface area contributed by atoms with Crippen molar-refractivity contribution in [3.8, 4) is 11.4 Å². The summed E-state index contributed by atoms with van der Waals surface area (Å²) in [7, 11) is 0.